The second kappa shape index (κ2) is 7.25. The third kappa shape index (κ3) is 3.28. The zero-order chi connectivity index (χ0) is 18.7. The Morgan fingerprint density at radius 1 is 1.16 bits per heavy atom. The summed E-state index contributed by atoms with van der Waals surface area (Å²) in [5, 5.41) is 11.4. The predicted octanol–water partition coefficient (Wildman–Crippen LogP) is 2.39. The van der Waals surface area contributed by atoms with Crippen molar-refractivity contribution in [2.24, 2.45) is 10.9 Å². The molecule has 1 aliphatic rings. The molecule has 0 spiro atoms. The zero-order valence-corrected chi connectivity index (χ0v) is 14.3. The van der Waals surface area contributed by atoms with Crippen molar-refractivity contribution in [1.29, 1.82) is 0 Å². The molecule has 0 radical (unpaired) electrons. The van der Waals surface area contributed by atoms with Crippen LogP contribution in [0, 0.1) is 16.0 Å². The minimum absolute atomic E-state index is 0.109. The van der Waals surface area contributed by atoms with E-state index in [4.69, 9.17) is 9.47 Å². The van der Waals surface area contributed by atoms with Crippen LogP contribution >= 0.6 is 0 Å². The van der Waals surface area contributed by atoms with E-state index in [9.17, 15) is 19.7 Å². The average Bonchev–Trinajstić information content (AvgIpc) is 2.59. The molecule has 0 fully saturated rings. The fourth-order valence-corrected chi connectivity index (χ4v) is 3.10. The van der Waals surface area contributed by atoms with Crippen molar-refractivity contribution >= 4 is 23.3 Å². The number of nitro benzene ring substituents is 1. The van der Waals surface area contributed by atoms with E-state index in [1.54, 1.807) is 19.9 Å². The molecule has 1 aromatic carbocycles. The van der Waals surface area contributed by atoms with E-state index >= 15 is 0 Å². The molecule has 2 atom stereocenters. The maximum Gasteiger partial charge on any atom is 0.336 e. The summed E-state index contributed by atoms with van der Waals surface area (Å²) in [6.07, 6.45) is 0. The number of rotatable bonds is 4. The maximum absolute atomic E-state index is 12.4. The Balaban J connectivity index is 2.78. The van der Waals surface area contributed by atoms with E-state index in [2.05, 4.69) is 4.99 Å². The number of carbonyl (C=O) groups excluding carboxylic acids is 2. The van der Waals surface area contributed by atoms with Crippen LogP contribution in [0.5, 0.6) is 0 Å². The second-order valence-corrected chi connectivity index (χ2v) is 5.54. The van der Waals surface area contributed by atoms with E-state index in [-0.39, 0.29) is 16.8 Å². The van der Waals surface area contributed by atoms with Crippen molar-refractivity contribution in [3.05, 3.63) is 51.2 Å². The molecule has 0 N–H and O–H groups in total. The monoisotopic (exact) mass is 346 g/mol. The summed E-state index contributed by atoms with van der Waals surface area (Å²) < 4.78 is 9.67. The Morgan fingerprint density at radius 2 is 1.80 bits per heavy atom. The molecule has 1 heterocycles. The quantitative estimate of drug-likeness (QED) is 0.470. The lowest BCUT2D eigenvalue weighted by atomic mass is 9.75. The summed E-state index contributed by atoms with van der Waals surface area (Å²) in [4.78, 5) is 39.9. The summed E-state index contributed by atoms with van der Waals surface area (Å²) in [7, 11) is 2.42. The Labute approximate surface area is 144 Å². The molecular formula is C17H18N2O6. The molecule has 132 valence electrons. The third-order valence-corrected chi connectivity index (χ3v) is 4.16. The molecule has 1 aliphatic heterocycles. The van der Waals surface area contributed by atoms with Gasteiger partial charge in [0.2, 0.25) is 0 Å². The number of carbonyl (C=O) groups is 2. The lowest BCUT2D eigenvalue weighted by Crippen LogP contribution is -2.36. The Kier molecular flexibility index (Phi) is 5.31. The smallest absolute Gasteiger partial charge is 0.336 e. The molecule has 0 saturated carbocycles. The van der Waals surface area contributed by atoms with Crippen LogP contribution in [-0.2, 0) is 19.1 Å². The molecule has 25 heavy (non-hydrogen) atoms. The van der Waals surface area contributed by atoms with Crippen molar-refractivity contribution < 1.29 is 24.0 Å². The SMILES string of the molecule is COC(=O)C1=C(C)N=C(C)[C@@H](C(=O)OC)[C@@H]1c1ccccc1[N+](=O)[O-]. The molecule has 0 aromatic heterocycles. The maximum atomic E-state index is 12.4. The van der Waals surface area contributed by atoms with Crippen LogP contribution in [0.4, 0.5) is 5.69 Å². The zero-order valence-electron chi connectivity index (χ0n) is 14.3. The standard InChI is InChI=1S/C17H18N2O6/c1-9-13(16(20)24-3)15(14(10(2)18-9)17(21)25-4)11-7-5-6-8-12(11)19(22)23/h5-8,13,15H,1-4H3/t13-,15+/m1/s1. The molecular weight excluding hydrogens is 328 g/mol. The molecule has 0 bridgehead atoms. The predicted molar refractivity (Wildman–Crippen MR) is 89.2 cm³/mol. The highest BCUT2D eigenvalue weighted by atomic mass is 16.6. The fraction of sp³-hybridized carbons (Fsp3) is 0.353. The van der Waals surface area contributed by atoms with Crippen molar-refractivity contribution in [2.45, 2.75) is 19.8 Å². The topological polar surface area (TPSA) is 108 Å². The number of benzene rings is 1. The van der Waals surface area contributed by atoms with Crippen LogP contribution in [0.15, 0.2) is 40.5 Å². The summed E-state index contributed by atoms with van der Waals surface area (Å²) in [6.45, 7) is 3.23. The first kappa shape index (κ1) is 18.3. The number of para-hydroxylation sites is 1. The number of allylic oxidation sites excluding steroid dienone is 1. The van der Waals surface area contributed by atoms with E-state index in [1.165, 1.54) is 32.4 Å². The number of esters is 2. The second-order valence-electron chi connectivity index (χ2n) is 5.54. The third-order valence-electron chi connectivity index (χ3n) is 4.16. The van der Waals surface area contributed by atoms with Gasteiger partial charge in [0, 0.05) is 29.0 Å². The lowest BCUT2D eigenvalue weighted by molar-refractivity contribution is -0.385. The molecule has 1 aromatic rings. The van der Waals surface area contributed by atoms with E-state index in [1.807, 2.05) is 0 Å². The normalized spacial score (nSPS) is 19.9. The molecule has 8 heteroatoms. The van der Waals surface area contributed by atoms with Gasteiger partial charge in [-0.3, -0.25) is 19.9 Å². The average molecular weight is 346 g/mol. The number of hydrogen-bond acceptors (Lipinski definition) is 7. The number of ether oxygens (including phenoxy) is 2. The van der Waals surface area contributed by atoms with Gasteiger partial charge in [-0.05, 0) is 13.8 Å². The number of nitrogens with zero attached hydrogens (tertiary/aromatic N) is 2. The van der Waals surface area contributed by atoms with Crippen LogP contribution in [0.1, 0.15) is 25.3 Å². The summed E-state index contributed by atoms with van der Waals surface area (Å²) >= 11 is 0. The first-order valence-corrected chi connectivity index (χ1v) is 7.48. The first-order valence-electron chi connectivity index (χ1n) is 7.48. The van der Waals surface area contributed by atoms with Crippen molar-refractivity contribution in [1.82, 2.24) is 0 Å². The van der Waals surface area contributed by atoms with Crippen LogP contribution in [-0.4, -0.2) is 36.8 Å². The van der Waals surface area contributed by atoms with Gasteiger partial charge in [-0.25, -0.2) is 4.79 Å². The van der Waals surface area contributed by atoms with Gasteiger partial charge in [-0.15, -0.1) is 0 Å². The molecule has 8 nitrogen and oxygen atoms in total. The fourth-order valence-electron chi connectivity index (χ4n) is 3.10. The van der Waals surface area contributed by atoms with Crippen LogP contribution in [0.3, 0.4) is 0 Å². The summed E-state index contributed by atoms with van der Waals surface area (Å²) in [5.74, 6) is -3.19. The summed E-state index contributed by atoms with van der Waals surface area (Å²) in [5.41, 5.74) is 0.924. The van der Waals surface area contributed by atoms with Crippen molar-refractivity contribution in [2.75, 3.05) is 14.2 Å². The minimum Gasteiger partial charge on any atom is -0.468 e. The van der Waals surface area contributed by atoms with Gasteiger partial charge in [0.15, 0.2) is 0 Å². The number of methoxy groups -OCH3 is 2. The van der Waals surface area contributed by atoms with Gasteiger partial charge in [0.05, 0.1) is 24.7 Å². The highest BCUT2D eigenvalue weighted by Crippen LogP contribution is 2.43. The summed E-state index contributed by atoms with van der Waals surface area (Å²) in [6, 6.07) is 5.98. The minimum atomic E-state index is -0.955. The van der Waals surface area contributed by atoms with Gasteiger partial charge < -0.3 is 9.47 Å². The van der Waals surface area contributed by atoms with E-state index in [0.717, 1.165) is 0 Å². The highest BCUT2D eigenvalue weighted by Gasteiger charge is 2.44. The highest BCUT2D eigenvalue weighted by molar-refractivity contribution is 6.07. The van der Waals surface area contributed by atoms with Crippen molar-refractivity contribution in [3.63, 3.8) is 0 Å². The Hall–Kier alpha value is -3.03. The van der Waals surface area contributed by atoms with Crippen LogP contribution < -0.4 is 0 Å². The van der Waals surface area contributed by atoms with E-state index < -0.39 is 28.7 Å². The van der Waals surface area contributed by atoms with Gasteiger partial charge in [-0.2, -0.15) is 0 Å². The van der Waals surface area contributed by atoms with Crippen LogP contribution in [0.25, 0.3) is 0 Å². The Bertz CT molecular complexity index is 796. The number of hydrogen-bond donors (Lipinski definition) is 0. The Morgan fingerprint density at radius 3 is 2.36 bits per heavy atom. The molecule has 0 aliphatic carbocycles. The number of aliphatic imine (C=N–C) groups is 1. The molecule has 2 rings (SSSR count). The molecule has 0 saturated heterocycles. The molecule has 0 unspecified atom stereocenters. The lowest BCUT2D eigenvalue weighted by Gasteiger charge is -2.30. The first-order chi connectivity index (χ1) is 11.8. The number of nitro groups is 1. The van der Waals surface area contributed by atoms with Gasteiger partial charge in [0.25, 0.3) is 5.69 Å². The van der Waals surface area contributed by atoms with Crippen molar-refractivity contribution in [3.8, 4) is 0 Å². The van der Waals surface area contributed by atoms with E-state index in [0.29, 0.717) is 11.4 Å². The molecule has 0 amide bonds. The van der Waals surface area contributed by atoms with Gasteiger partial charge in [0.1, 0.15) is 5.92 Å². The van der Waals surface area contributed by atoms with Gasteiger partial charge >= 0.3 is 11.9 Å². The van der Waals surface area contributed by atoms with Crippen LogP contribution in [0.2, 0.25) is 0 Å². The van der Waals surface area contributed by atoms with Gasteiger partial charge in [-0.1, -0.05) is 18.2 Å². The largest absolute Gasteiger partial charge is 0.468 e.